The summed E-state index contributed by atoms with van der Waals surface area (Å²) in [5.74, 6) is -0.606. The quantitative estimate of drug-likeness (QED) is 0.380. The lowest BCUT2D eigenvalue weighted by molar-refractivity contribution is -0.146. The van der Waals surface area contributed by atoms with Gasteiger partial charge in [-0.1, -0.05) is 6.58 Å². The summed E-state index contributed by atoms with van der Waals surface area (Å²) in [4.78, 5) is 27.8. The summed E-state index contributed by atoms with van der Waals surface area (Å²) in [6.07, 6.45) is 0.340. The molecule has 29 heavy (non-hydrogen) atoms. The SMILES string of the molecule is C=CS(=O)(=O)N[C@H]1CCN([C@@H](C)C(=O)N2CCOCC2)C1=O.O=S(=O)(Cl)CCCl. The fourth-order valence-electron chi connectivity index (χ4n) is 2.72. The minimum Gasteiger partial charge on any atom is -0.378 e. The zero-order chi connectivity index (χ0) is 22.2. The molecule has 168 valence electrons. The molecule has 2 saturated heterocycles. The maximum Gasteiger partial charge on any atom is 0.245 e. The molecule has 0 aliphatic carbocycles. The Morgan fingerprint density at radius 1 is 1.31 bits per heavy atom. The Balaban J connectivity index is 0.000000516. The first-order chi connectivity index (χ1) is 13.4. The summed E-state index contributed by atoms with van der Waals surface area (Å²) < 4.78 is 50.2. The molecule has 2 rings (SSSR count). The number of halogens is 2. The van der Waals surface area contributed by atoms with Crippen LogP contribution in [0.4, 0.5) is 0 Å². The van der Waals surface area contributed by atoms with Crippen LogP contribution in [0.5, 0.6) is 0 Å². The monoisotopic (exact) mass is 493 g/mol. The average molecular weight is 494 g/mol. The van der Waals surface area contributed by atoms with Crippen LogP contribution in [0.25, 0.3) is 0 Å². The highest BCUT2D eigenvalue weighted by Gasteiger charge is 2.39. The van der Waals surface area contributed by atoms with E-state index in [4.69, 9.17) is 27.0 Å². The minimum absolute atomic E-state index is 0.0613. The van der Waals surface area contributed by atoms with Crippen LogP contribution in [0.15, 0.2) is 12.0 Å². The van der Waals surface area contributed by atoms with E-state index < -0.39 is 31.2 Å². The number of hydrogen-bond acceptors (Lipinski definition) is 7. The van der Waals surface area contributed by atoms with Crippen molar-refractivity contribution in [3.05, 3.63) is 12.0 Å². The van der Waals surface area contributed by atoms with Crippen LogP contribution in [0.1, 0.15) is 13.3 Å². The van der Waals surface area contributed by atoms with Crippen molar-refractivity contribution in [3.8, 4) is 0 Å². The molecule has 2 aliphatic heterocycles. The van der Waals surface area contributed by atoms with Crippen LogP contribution in [-0.2, 0) is 33.4 Å². The van der Waals surface area contributed by atoms with Gasteiger partial charge in [-0.2, -0.15) is 4.72 Å². The van der Waals surface area contributed by atoms with Crippen molar-refractivity contribution >= 4 is 53.2 Å². The number of carbonyl (C=O) groups is 2. The third kappa shape index (κ3) is 8.77. The average Bonchev–Trinajstić information content (AvgIpc) is 3.00. The maximum absolute atomic E-state index is 12.4. The Bertz CT molecular complexity index is 799. The second-order valence-electron chi connectivity index (χ2n) is 6.25. The van der Waals surface area contributed by atoms with Crippen LogP contribution < -0.4 is 4.72 Å². The van der Waals surface area contributed by atoms with Crippen LogP contribution in [-0.4, -0.2) is 95.0 Å². The minimum atomic E-state index is -3.67. The Labute approximate surface area is 180 Å². The molecule has 14 heteroatoms. The zero-order valence-electron chi connectivity index (χ0n) is 15.9. The van der Waals surface area contributed by atoms with E-state index in [-0.39, 0.29) is 23.4 Å². The Morgan fingerprint density at radius 3 is 2.34 bits per heavy atom. The van der Waals surface area contributed by atoms with Gasteiger partial charge in [-0.25, -0.2) is 16.8 Å². The summed E-state index contributed by atoms with van der Waals surface area (Å²) in [6, 6.07) is -1.44. The molecule has 2 atom stereocenters. The molecule has 0 aromatic heterocycles. The van der Waals surface area contributed by atoms with Gasteiger partial charge >= 0.3 is 0 Å². The van der Waals surface area contributed by atoms with Gasteiger partial charge in [-0.15, -0.1) is 11.6 Å². The topological polar surface area (TPSA) is 130 Å². The van der Waals surface area contributed by atoms with Gasteiger partial charge in [0.2, 0.25) is 30.9 Å². The highest BCUT2D eigenvalue weighted by atomic mass is 35.7. The van der Waals surface area contributed by atoms with Gasteiger partial charge in [-0.05, 0) is 13.3 Å². The van der Waals surface area contributed by atoms with Crippen molar-refractivity contribution in [1.82, 2.24) is 14.5 Å². The van der Waals surface area contributed by atoms with E-state index in [1.54, 1.807) is 11.8 Å². The standard InChI is InChI=1S/C13H21N3O5S.C2H4Cl2O2S/c1-3-22(19,20)14-11-4-5-16(13(11)18)10(2)12(17)15-6-8-21-9-7-15;3-1-2-7(4,5)6/h3,10-11,14H,1,4-9H2,2H3;1-2H2/t10-,11-;/m0./s1. The van der Waals surface area contributed by atoms with Gasteiger partial charge < -0.3 is 14.5 Å². The number of amides is 2. The Kier molecular flexibility index (Phi) is 10.3. The predicted octanol–water partition coefficient (Wildman–Crippen LogP) is -0.309. The predicted molar refractivity (Wildman–Crippen MR) is 110 cm³/mol. The molecule has 1 N–H and O–H groups in total. The molecule has 10 nitrogen and oxygen atoms in total. The molecule has 0 saturated carbocycles. The molecule has 0 spiro atoms. The number of nitrogens with zero attached hydrogens (tertiary/aromatic N) is 2. The van der Waals surface area contributed by atoms with Gasteiger partial charge in [0.05, 0.1) is 19.0 Å². The van der Waals surface area contributed by atoms with Crippen LogP contribution in [0, 0.1) is 0 Å². The lowest BCUT2D eigenvalue weighted by Crippen LogP contribution is -2.52. The van der Waals surface area contributed by atoms with Crippen molar-refractivity contribution in [2.45, 2.75) is 25.4 Å². The number of likely N-dealkylation sites (tertiary alicyclic amines) is 1. The third-order valence-electron chi connectivity index (χ3n) is 4.23. The van der Waals surface area contributed by atoms with Crippen molar-refractivity contribution in [3.63, 3.8) is 0 Å². The highest BCUT2D eigenvalue weighted by molar-refractivity contribution is 8.13. The fraction of sp³-hybridized carbons (Fsp3) is 0.733. The number of carbonyl (C=O) groups excluding carboxylic acids is 2. The van der Waals surface area contributed by atoms with E-state index in [2.05, 4.69) is 11.3 Å². The van der Waals surface area contributed by atoms with Crippen molar-refractivity contribution in [2.24, 2.45) is 0 Å². The zero-order valence-corrected chi connectivity index (χ0v) is 19.1. The first kappa shape index (κ1) is 26.1. The maximum atomic E-state index is 12.4. The Hall–Kier alpha value is -0.920. The Morgan fingerprint density at radius 2 is 1.90 bits per heavy atom. The number of rotatable bonds is 7. The number of ether oxygens (including phenoxy) is 1. The molecular weight excluding hydrogens is 469 g/mol. The molecule has 0 aromatic rings. The van der Waals surface area contributed by atoms with Crippen LogP contribution >= 0.6 is 22.3 Å². The number of sulfonamides is 1. The van der Waals surface area contributed by atoms with E-state index in [1.165, 1.54) is 4.90 Å². The first-order valence-corrected chi connectivity index (χ1v) is 13.3. The number of nitrogens with one attached hydrogen (secondary N) is 1. The molecule has 2 amide bonds. The summed E-state index contributed by atoms with van der Waals surface area (Å²) >= 11 is 5.02. The largest absolute Gasteiger partial charge is 0.378 e. The molecule has 0 aromatic carbocycles. The van der Waals surface area contributed by atoms with Crippen molar-refractivity contribution < 1.29 is 31.2 Å². The fourth-order valence-corrected chi connectivity index (χ4v) is 4.69. The molecule has 0 unspecified atom stereocenters. The van der Waals surface area contributed by atoms with Crippen molar-refractivity contribution in [1.29, 1.82) is 0 Å². The summed E-state index contributed by atoms with van der Waals surface area (Å²) in [6.45, 7) is 7.22. The molecular formula is C15H25Cl2N3O7S2. The lowest BCUT2D eigenvalue weighted by Gasteiger charge is -2.32. The van der Waals surface area contributed by atoms with E-state index >= 15 is 0 Å². The third-order valence-corrected chi connectivity index (χ3v) is 6.85. The molecule has 0 bridgehead atoms. The highest BCUT2D eigenvalue weighted by Crippen LogP contribution is 2.17. The molecule has 2 aliphatic rings. The van der Waals surface area contributed by atoms with Gasteiger partial charge in [0.15, 0.2) is 0 Å². The smallest absolute Gasteiger partial charge is 0.245 e. The number of alkyl halides is 1. The van der Waals surface area contributed by atoms with Crippen LogP contribution in [0.3, 0.4) is 0 Å². The summed E-state index contributed by atoms with van der Waals surface area (Å²) in [7, 11) is -2.28. The van der Waals surface area contributed by atoms with Crippen molar-refractivity contribution in [2.75, 3.05) is 44.5 Å². The summed E-state index contributed by atoms with van der Waals surface area (Å²) in [5, 5.41) is 0.769. The van der Waals surface area contributed by atoms with E-state index in [9.17, 15) is 26.4 Å². The van der Waals surface area contributed by atoms with E-state index in [0.717, 1.165) is 5.41 Å². The van der Waals surface area contributed by atoms with Gasteiger partial charge in [-0.3, -0.25) is 9.59 Å². The van der Waals surface area contributed by atoms with Gasteiger partial charge in [0, 0.05) is 41.6 Å². The number of hydrogen-bond donors (Lipinski definition) is 1. The molecule has 2 fully saturated rings. The van der Waals surface area contributed by atoms with Gasteiger partial charge in [0.1, 0.15) is 12.1 Å². The summed E-state index contributed by atoms with van der Waals surface area (Å²) in [5.41, 5.74) is 0. The van der Waals surface area contributed by atoms with Gasteiger partial charge in [0.25, 0.3) is 0 Å². The van der Waals surface area contributed by atoms with E-state index in [1.807, 2.05) is 0 Å². The second kappa shape index (κ2) is 11.5. The molecule has 0 radical (unpaired) electrons. The first-order valence-electron chi connectivity index (χ1n) is 8.72. The lowest BCUT2D eigenvalue weighted by atomic mass is 10.2. The number of morpholine rings is 1. The second-order valence-corrected chi connectivity index (χ2v) is 11.2. The van der Waals surface area contributed by atoms with Crippen LogP contribution in [0.2, 0.25) is 0 Å². The van der Waals surface area contributed by atoms with E-state index in [0.29, 0.717) is 39.3 Å². The molecule has 2 heterocycles. The normalized spacial score (nSPS) is 21.3.